The quantitative estimate of drug-likeness (QED) is 0.139. The van der Waals surface area contributed by atoms with E-state index in [0.29, 0.717) is 6.61 Å². The second-order valence-corrected chi connectivity index (χ2v) is 3.80. The van der Waals surface area contributed by atoms with Crippen LogP contribution in [0, 0.1) is 0 Å². The molecule has 0 aromatic heterocycles. The lowest BCUT2D eigenvalue weighted by Gasteiger charge is -2.23. The molecule has 0 spiro atoms. The zero-order valence-electron chi connectivity index (χ0n) is 8.96. The molecule has 0 radical (unpaired) electrons. The molecule has 0 saturated heterocycles. The summed E-state index contributed by atoms with van der Waals surface area (Å²) in [6.07, 6.45) is 1.92. The second-order valence-electron chi connectivity index (χ2n) is 3.80. The summed E-state index contributed by atoms with van der Waals surface area (Å²) in [7, 11) is 6.28. The zero-order chi connectivity index (χ0) is 10.3. The Morgan fingerprint density at radius 1 is 1.43 bits per heavy atom. The number of carbonyl (C=O) groups is 1. The molecule has 0 aromatic carbocycles. The first kappa shape index (κ1) is 16.3. The topological polar surface area (TPSA) is 35.5 Å². The predicted octanol–water partition coefficient (Wildman–Crippen LogP) is -2.25. The van der Waals surface area contributed by atoms with Crippen molar-refractivity contribution in [2.24, 2.45) is 0 Å². The Morgan fingerprint density at radius 2 is 2.00 bits per heavy atom. The van der Waals surface area contributed by atoms with E-state index in [1.807, 2.05) is 0 Å². The first-order valence-electron chi connectivity index (χ1n) is 4.22. The number of rotatable bonds is 6. The minimum absolute atomic E-state index is 0. The maximum absolute atomic E-state index is 10.5. The van der Waals surface area contributed by atoms with E-state index in [4.69, 9.17) is 0 Å². The highest BCUT2D eigenvalue weighted by atomic mass is 127. The molecule has 0 bridgehead atoms. The van der Waals surface area contributed by atoms with Crippen molar-refractivity contribution in [3.05, 3.63) is 12.7 Å². The highest BCUT2D eigenvalue weighted by Gasteiger charge is 2.06. The number of quaternary nitrogens is 1. The Morgan fingerprint density at radius 3 is 2.43 bits per heavy atom. The van der Waals surface area contributed by atoms with Crippen molar-refractivity contribution in [2.75, 3.05) is 34.3 Å². The first-order valence-corrected chi connectivity index (χ1v) is 4.22. The van der Waals surface area contributed by atoms with Crippen molar-refractivity contribution >= 4 is 5.97 Å². The van der Waals surface area contributed by atoms with E-state index >= 15 is 0 Å². The lowest BCUT2D eigenvalue weighted by molar-refractivity contribution is -0.870. The molecule has 0 unspecified atom stereocenters. The minimum Gasteiger partial charge on any atom is -1.00 e. The normalized spacial score (nSPS) is 10.2. The molecule has 5 heteroatoms. The van der Waals surface area contributed by atoms with Crippen LogP contribution in [0.15, 0.2) is 12.7 Å². The van der Waals surface area contributed by atoms with Crippen LogP contribution in [0.5, 0.6) is 0 Å². The van der Waals surface area contributed by atoms with Gasteiger partial charge in [-0.15, -0.1) is 0 Å². The van der Waals surface area contributed by atoms with Gasteiger partial charge < -0.3 is 28.5 Å². The monoisotopic (exact) mass is 315 g/mol. The van der Waals surface area contributed by atoms with Gasteiger partial charge in [0.15, 0.2) is 0 Å². The Kier molecular flexibility index (Phi) is 9.53. The third kappa shape index (κ3) is 11.9. The third-order valence-electron chi connectivity index (χ3n) is 1.36. The first-order chi connectivity index (χ1) is 5.95. The summed E-state index contributed by atoms with van der Waals surface area (Å²) in [5.74, 6) is -0.551. The fourth-order valence-corrected chi connectivity index (χ4v) is 0.732. The van der Waals surface area contributed by atoms with E-state index in [1.165, 1.54) is 0 Å². The third-order valence-corrected chi connectivity index (χ3v) is 1.36. The van der Waals surface area contributed by atoms with Crippen LogP contribution < -0.4 is 24.0 Å². The molecular formula is C9H18INO3. The van der Waals surface area contributed by atoms with Gasteiger partial charge in [0.1, 0.15) is 0 Å². The molecule has 0 saturated carbocycles. The Bertz CT molecular complexity index is 177. The lowest BCUT2D eigenvalue weighted by Crippen LogP contribution is -3.00. The van der Waals surface area contributed by atoms with Crippen LogP contribution in [0.3, 0.4) is 0 Å². The smallest absolute Gasteiger partial charge is 0.365 e. The van der Waals surface area contributed by atoms with Crippen molar-refractivity contribution in [3.63, 3.8) is 0 Å². The van der Waals surface area contributed by atoms with Crippen LogP contribution in [-0.4, -0.2) is 44.7 Å². The maximum atomic E-state index is 10.5. The van der Waals surface area contributed by atoms with Gasteiger partial charge in [0.2, 0.25) is 0 Å². The number of hydrogen-bond acceptors (Lipinski definition) is 3. The van der Waals surface area contributed by atoms with Crippen molar-refractivity contribution in [1.82, 2.24) is 0 Å². The van der Waals surface area contributed by atoms with Crippen molar-refractivity contribution in [2.45, 2.75) is 6.42 Å². The fourth-order valence-electron chi connectivity index (χ4n) is 0.732. The molecule has 0 N–H and O–H groups in total. The van der Waals surface area contributed by atoms with E-state index in [9.17, 15) is 4.79 Å². The molecule has 14 heavy (non-hydrogen) atoms. The molecule has 84 valence electrons. The molecule has 0 heterocycles. The lowest BCUT2D eigenvalue weighted by atomic mass is 10.4. The summed E-state index contributed by atoms with van der Waals surface area (Å²) in [6.45, 7) is 4.64. The summed E-state index contributed by atoms with van der Waals surface area (Å²) in [5.41, 5.74) is 0. The summed E-state index contributed by atoms with van der Waals surface area (Å²) in [5, 5.41) is 0. The average molecular weight is 315 g/mol. The van der Waals surface area contributed by atoms with Gasteiger partial charge in [-0.05, 0) is 0 Å². The van der Waals surface area contributed by atoms with Crippen LogP contribution >= 0.6 is 0 Å². The predicted molar refractivity (Wildman–Crippen MR) is 49.8 cm³/mol. The molecule has 0 aliphatic carbocycles. The van der Waals surface area contributed by atoms with Crippen molar-refractivity contribution in [3.8, 4) is 0 Å². The average Bonchev–Trinajstić information content (AvgIpc) is 2.01. The van der Waals surface area contributed by atoms with E-state index in [-0.39, 0.29) is 24.0 Å². The molecular weight excluding hydrogens is 297 g/mol. The number of carbonyl (C=O) groups excluding carboxylic acids is 1. The van der Waals surface area contributed by atoms with Gasteiger partial charge >= 0.3 is 5.97 Å². The van der Waals surface area contributed by atoms with Crippen LogP contribution in [0.1, 0.15) is 6.42 Å². The standard InChI is InChI=1S/C9H18NO3.HI/c1-5-9(11)13-12-8-6-7-10(2,3)4;/h5H,1,6-8H2,2-4H3;1H/q+1;/p-1. The SMILES string of the molecule is C=CC(=O)OOCCC[N+](C)(C)C.[I-]. The van der Waals surface area contributed by atoms with Gasteiger partial charge in [-0.3, -0.25) is 4.89 Å². The Balaban J connectivity index is 0. The molecule has 0 atom stereocenters. The summed E-state index contributed by atoms with van der Waals surface area (Å²) in [6, 6.07) is 0. The Labute approximate surface area is 102 Å². The number of nitrogens with zero attached hydrogens (tertiary/aromatic N) is 1. The summed E-state index contributed by atoms with van der Waals surface area (Å²) < 4.78 is 0.874. The summed E-state index contributed by atoms with van der Waals surface area (Å²) >= 11 is 0. The number of halogens is 1. The van der Waals surface area contributed by atoms with Crippen LogP contribution in [0.4, 0.5) is 0 Å². The fraction of sp³-hybridized carbons (Fsp3) is 0.667. The molecule has 0 fully saturated rings. The molecule has 0 rings (SSSR count). The highest BCUT2D eigenvalue weighted by Crippen LogP contribution is 1.94. The van der Waals surface area contributed by atoms with Crippen LogP contribution in [-0.2, 0) is 14.6 Å². The second kappa shape index (κ2) is 8.19. The van der Waals surface area contributed by atoms with Gasteiger partial charge in [-0.1, -0.05) is 6.58 Å². The summed E-state index contributed by atoms with van der Waals surface area (Å²) in [4.78, 5) is 19.5. The molecule has 0 aliphatic heterocycles. The minimum atomic E-state index is -0.551. The Hall–Kier alpha value is -0.140. The molecule has 4 nitrogen and oxygen atoms in total. The molecule has 0 amide bonds. The van der Waals surface area contributed by atoms with Crippen LogP contribution in [0.25, 0.3) is 0 Å². The van der Waals surface area contributed by atoms with Gasteiger partial charge in [-0.25, -0.2) is 4.79 Å². The van der Waals surface area contributed by atoms with Crippen molar-refractivity contribution in [1.29, 1.82) is 0 Å². The van der Waals surface area contributed by atoms with E-state index in [2.05, 4.69) is 37.5 Å². The number of hydrogen-bond donors (Lipinski definition) is 0. The molecule has 0 aliphatic rings. The van der Waals surface area contributed by atoms with Crippen molar-refractivity contribution < 1.29 is 43.0 Å². The highest BCUT2D eigenvalue weighted by molar-refractivity contribution is 5.80. The largest absolute Gasteiger partial charge is 1.00 e. The van der Waals surface area contributed by atoms with Gasteiger partial charge in [-0.2, -0.15) is 4.89 Å². The van der Waals surface area contributed by atoms with E-state index in [0.717, 1.165) is 23.5 Å². The van der Waals surface area contributed by atoms with E-state index < -0.39 is 5.97 Å². The maximum Gasteiger partial charge on any atom is 0.365 e. The van der Waals surface area contributed by atoms with E-state index in [1.54, 1.807) is 0 Å². The van der Waals surface area contributed by atoms with Gasteiger partial charge in [0.05, 0.1) is 34.3 Å². The zero-order valence-corrected chi connectivity index (χ0v) is 11.1. The van der Waals surface area contributed by atoms with Crippen LogP contribution in [0.2, 0.25) is 0 Å². The van der Waals surface area contributed by atoms with Gasteiger partial charge in [0, 0.05) is 12.5 Å². The molecule has 0 aromatic rings. The van der Waals surface area contributed by atoms with Gasteiger partial charge in [0.25, 0.3) is 0 Å².